The Morgan fingerprint density at radius 3 is 2.79 bits per heavy atom. The molecule has 0 saturated carbocycles. The van der Waals surface area contributed by atoms with Crippen LogP contribution in [0.2, 0.25) is 0 Å². The van der Waals surface area contributed by atoms with Crippen LogP contribution in [0.15, 0.2) is 0 Å². The van der Waals surface area contributed by atoms with Crippen molar-refractivity contribution in [3.05, 3.63) is 0 Å². The first-order chi connectivity index (χ1) is 6.68. The van der Waals surface area contributed by atoms with E-state index < -0.39 is 12.4 Å². The summed E-state index contributed by atoms with van der Waals surface area (Å²) in [5, 5.41) is 19.3. The van der Waals surface area contributed by atoms with Gasteiger partial charge in [-0.25, -0.2) is 0 Å². The summed E-state index contributed by atoms with van der Waals surface area (Å²) in [5.41, 5.74) is 0. The molecule has 5 heteroatoms. The fraction of sp³-hybridized carbons (Fsp3) is 1.00. The van der Waals surface area contributed by atoms with E-state index in [1.807, 2.05) is 4.90 Å². The maximum atomic E-state index is 9.88. The van der Waals surface area contributed by atoms with E-state index in [0.717, 1.165) is 6.54 Å². The van der Waals surface area contributed by atoms with Crippen LogP contribution in [0.1, 0.15) is 13.3 Å². The Bertz CT molecular complexity index is 193. The van der Waals surface area contributed by atoms with E-state index in [1.54, 1.807) is 6.92 Å². The van der Waals surface area contributed by atoms with Gasteiger partial charge in [-0.1, -0.05) is 0 Å². The number of aliphatic hydroxyl groups is 2. The molecule has 2 fully saturated rings. The Morgan fingerprint density at radius 2 is 2.14 bits per heavy atom. The SMILES string of the molecule is CC1OC(O)CC(N2CCOC2)C1O. The van der Waals surface area contributed by atoms with Gasteiger partial charge >= 0.3 is 0 Å². The van der Waals surface area contributed by atoms with Crippen LogP contribution in [-0.4, -0.2) is 59.5 Å². The average molecular weight is 203 g/mol. The number of aliphatic hydroxyl groups excluding tert-OH is 2. The minimum absolute atomic E-state index is 0.0451. The van der Waals surface area contributed by atoms with E-state index in [1.165, 1.54) is 0 Å². The summed E-state index contributed by atoms with van der Waals surface area (Å²) in [5.74, 6) is 0. The minimum Gasteiger partial charge on any atom is -0.389 e. The molecule has 14 heavy (non-hydrogen) atoms. The zero-order valence-corrected chi connectivity index (χ0v) is 8.30. The van der Waals surface area contributed by atoms with Crippen molar-refractivity contribution in [2.45, 2.75) is 37.9 Å². The van der Waals surface area contributed by atoms with Crippen LogP contribution in [0.5, 0.6) is 0 Å². The van der Waals surface area contributed by atoms with Crippen molar-refractivity contribution in [2.75, 3.05) is 19.9 Å². The summed E-state index contributed by atoms with van der Waals surface area (Å²) in [6.45, 7) is 3.84. The molecule has 0 spiro atoms. The minimum atomic E-state index is -0.765. The van der Waals surface area contributed by atoms with Crippen LogP contribution < -0.4 is 0 Å². The van der Waals surface area contributed by atoms with Gasteiger partial charge in [0.05, 0.1) is 25.5 Å². The molecule has 0 bridgehead atoms. The lowest BCUT2D eigenvalue weighted by Crippen LogP contribution is -2.54. The zero-order valence-electron chi connectivity index (χ0n) is 8.30. The van der Waals surface area contributed by atoms with Crippen molar-refractivity contribution in [3.63, 3.8) is 0 Å². The molecule has 0 radical (unpaired) electrons. The summed E-state index contributed by atoms with van der Waals surface area (Å²) < 4.78 is 10.3. The highest BCUT2D eigenvalue weighted by atomic mass is 16.6. The van der Waals surface area contributed by atoms with Crippen molar-refractivity contribution < 1.29 is 19.7 Å². The summed E-state index contributed by atoms with van der Waals surface area (Å²) in [4.78, 5) is 2.05. The second kappa shape index (κ2) is 4.12. The Labute approximate surface area is 83.2 Å². The number of hydrogen-bond acceptors (Lipinski definition) is 5. The Kier molecular flexibility index (Phi) is 3.04. The van der Waals surface area contributed by atoms with Gasteiger partial charge in [0.2, 0.25) is 0 Å². The highest BCUT2D eigenvalue weighted by Gasteiger charge is 2.38. The van der Waals surface area contributed by atoms with E-state index in [9.17, 15) is 10.2 Å². The van der Waals surface area contributed by atoms with Gasteiger partial charge in [0, 0.05) is 19.0 Å². The normalized spacial score (nSPS) is 45.6. The monoisotopic (exact) mass is 203 g/mol. The van der Waals surface area contributed by atoms with E-state index in [0.29, 0.717) is 19.8 Å². The van der Waals surface area contributed by atoms with E-state index in [2.05, 4.69) is 0 Å². The lowest BCUT2D eigenvalue weighted by atomic mass is 9.98. The first-order valence-corrected chi connectivity index (χ1v) is 5.02. The molecule has 0 amide bonds. The second-order valence-electron chi connectivity index (χ2n) is 3.94. The third-order valence-electron chi connectivity index (χ3n) is 2.94. The van der Waals surface area contributed by atoms with Crippen LogP contribution in [0.25, 0.3) is 0 Å². The Morgan fingerprint density at radius 1 is 1.36 bits per heavy atom. The molecule has 0 aromatic carbocycles. The lowest BCUT2D eigenvalue weighted by molar-refractivity contribution is -0.216. The van der Waals surface area contributed by atoms with Crippen LogP contribution >= 0.6 is 0 Å². The predicted molar refractivity (Wildman–Crippen MR) is 48.5 cm³/mol. The maximum absolute atomic E-state index is 9.88. The molecular weight excluding hydrogens is 186 g/mol. The predicted octanol–water partition coefficient (Wildman–Crippen LogP) is -0.867. The molecular formula is C9H17NO4. The molecule has 2 heterocycles. The topological polar surface area (TPSA) is 62.2 Å². The molecule has 2 N–H and O–H groups in total. The zero-order chi connectivity index (χ0) is 10.1. The summed E-state index contributed by atoms with van der Waals surface area (Å²) in [7, 11) is 0. The van der Waals surface area contributed by atoms with Crippen LogP contribution in [-0.2, 0) is 9.47 Å². The van der Waals surface area contributed by atoms with Crippen LogP contribution in [0, 0.1) is 0 Å². The van der Waals surface area contributed by atoms with Gasteiger partial charge in [-0.3, -0.25) is 4.90 Å². The standard InChI is InChI=1S/C9H17NO4/c1-6-9(12)7(4-8(11)14-6)10-2-3-13-5-10/h6-9,11-12H,2-5H2,1H3. The molecule has 2 aliphatic rings. The smallest absolute Gasteiger partial charge is 0.156 e. The van der Waals surface area contributed by atoms with Gasteiger partial charge in [-0.2, -0.15) is 0 Å². The number of rotatable bonds is 1. The molecule has 82 valence electrons. The summed E-state index contributed by atoms with van der Waals surface area (Å²) in [6, 6.07) is -0.0451. The van der Waals surface area contributed by atoms with Crippen molar-refractivity contribution in [1.82, 2.24) is 4.90 Å². The van der Waals surface area contributed by atoms with Gasteiger partial charge in [0.15, 0.2) is 6.29 Å². The molecule has 5 nitrogen and oxygen atoms in total. The van der Waals surface area contributed by atoms with Crippen molar-refractivity contribution in [3.8, 4) is 0 Å². The first-order valence-electron chi connectivity index (χ1n) is 5.02. The number of ether oxygens (including phenoxy) is 2. The second-order valence-corrected chi connectivity index (χ2v) is 3.94. The average Bonchev–Trinajstić information content (AvgIpc) is 2.63. The van der Waals surface area contributed by atoms with Gasteiger partial charge in [0.25, 0.3) is 0 Å². The molecule has 0 aromatic heterocycles. The number of nitrogens with zero attached hydrogens (tertiary/aromatic N) is 1. The van der Waals surface area contributed by atoms with Gasteiger partial charge < -0.3 is 19.7 Å². The van der Waals surface area contributed by atoms with E-state index in [-0.39, 0.29) is 12.1 Å². The molecule has 2 saturated heterocycles. The Balaban J connectivity index is 2.00. The lowest BCUT2D eigenvalue weighted by Gasteiger charge is -2.39. The third kappa shape index (κ3) is 1.92. The third-order valence-corrected chi connectivity index (χ3v) is 2.94. The molecule has 4 atom stereocenters. The van der Waals surface area contributed by atoms with Crippen molar-refractivity contribution >= 4 is 0 Å². The highest BCUT2D eigenvalue weighted by Crippen LogP contribution is 2.24. The number of hydrogen-bond donors (Lipinski definition) is 2. The maximum Gasteiger partial charge on any atom is 0.156 e. The molecule has 0 aliphatic carbocycles. The van der Waals surface area contributed by atoms with Crippen molar-refractivity contribution in [2.24, 2.45) is 0 Å². The van der Waals surface area contributed by atoms with E-state index in [4.69, 9.17) is 9.47 Å². The first kappa shape index (κ1) is 10.3. The van der Waals surface area contributed by atoms with Crippen LogP contribution in [0.3, 0.4) is 0 Å². The van der Waals surface area contributed by atoms with Crippen molar-refractivity contribution in [1.29, 1.82) is 0 Å². The van der Waals surface area contributed by atoms with Gasteiger partial charge in [-0.15, -0.1) is 0 Å². The van der Waals surface area contributed by atoms with Crippen LogP contribution in [0.4, 0.5) is 0 Å². The van der Waals surface area contributed by atoms with E-state index >= 15 is 0 Å². The summed E-state index contributed by atoms with van der Waals surface area (Å²) in [6.07, 6.45) is -1.17. The summed E-state index contributed by atoms with van der Waals surface area (Å²) >= 11 is 0. The largest absolute Gasteiger partial charge is 0.389 e. The molecule has 0 aromatic rings. The quantitative estimate of drug-likeness (QED) is 0.580. The molecule has 2 aliphatic heterocycles. The van der Waals surface area contributed by atoms with Gasteiger partial charge in [0.1, 0.15) is 0 Å². The van der Waals surface area contributed by atoms with Gasteiger partial charge in [-0.05, 0) is 6.92 Å². The Hall–Kier alpha value is -0.200. The molecule has 2 rings (SSSR count). The fourth-order valence-electron chi connectivity index (χ4n) is 2.10. The highest BCUT2D eigenvalue weighted by molar-refractivity contribution is 4.87. The molecule has 4 unspecified atom stereocenters. The fourth-order valence-corrected chi connectivity index (χ4v) is 2.10.